The summed E-state index contributed by atoms with van der Waals surface area (Å²) in [5.41, 5.74) is -5.29. The summed E-state index contributed by atoms with van der Waals surface area (Å²) in [6, 6.07) is 12.7. The minimum Gasteiger partial charge on any atom is -0.512 e. The van der Waals surface area contributed by atoms with E-state index in [0.29, 0.717) is 0 Å². The van der Waals surface area contributed by atoms with E-state index >= 15 is 0 Å². The van der Waals surface area contributed by atoms with Crippen LogP contribution in [0.3, 0.4) is 0 Å². The van der Waals surface area contributed by atoms with Crippen molar-refractivity contribution in [3.05, 3.63) is 77.2 Å². The number of phenolic OH excluding ortho intramolecular Hbond substituents is 10. The standard InChI is InChI=1S/C44H29B3O15/c1-12-29(45)33(52)22(23-28-39(58)35(54)21(18(50)11-48)27(32(51)13(2)49)44(28)62-43(12)23)19-14-7-3-5-9-16(14)20(17-10-6-4-8-15(17)19)26-34(53)30(46)24(36(55)38(26)57)25-31(47)40(59)42(61)41(60)37(25)56/h3-11,48-61H,1-2H3/b18-11-,32-13-. The molecule has 0 saturated heterocycles. The zero-order valence-electron chi connectivity index (χ0n) is 32.1. The van der Waals surface area contributed by atoms with E-state index in [1.54, 1.807) is 48.5 Å². The molecule has 0 aliphatic heterocycles. The molecule has 0 saturated carbocycles. The van der Waals surface area contributed by atoms with E-state index in [2.05, 4.69) is 0 Å². The Bertz CT molecular complexity index is 3290. The van der Waals surface area contributed by atoms with Gasteiger partial charge in [0.25, 0.3) is 0 Å². The van der Waals surface area contributed by atoms with Gasteiger partial charge in [-0.05, 0) is 57.3 Å². The largest absolute Gasteiger partial charge is 0.512 e. The Labute approximate surface area is 352 Å². The predicted octanol–water partition coefficient (Wildman–Crippen LogP) is 5.86. The van der Waals surface area contributed by atoms with Gasteiger partial charge in [-0.25, -0.2) is 0 Å². The Hall–Kier alpha value is -8.27. The van der Waals surface area contributed by atoms with Gasteiger partial charge < -0.3 is 75.9 Å². The van der Waals surface area contributed by atoms with Crippen molar-refractivity contribution in [2.24, 2.45) is 0 Å². The van der Waals surface area contributed by atoms with E-state index < -0.39 is 119 Å². The van der Waals surface area contributed by atoms with Crippen LogP contribution in [0.15, 0.2) is 65.0 Å². The molecule has 14 N–H and O–H groups in total. The summed E-state index contributed by atoms with van der Waals surface area (Å²) in [6.45, 7) is 2.55. The van der Waals surface area contributed by atoms with E-state index in [4.69, 9.17) is 28.0 Å². The van der Waals surface area contributed by atoms with Crippen LogP contribution in [0.2, 0.25) is 0 Å². The van der Waals surface area contributed by atoms with Crippen LogP contribution in [0.1, 0.15) is 23.6 Å². The molecule has 18 heteroatoms. The molecule has 8 rings (SSSR count). The second kappa shape index (κ2) is 13.9. The quantitative estimate of drug-likeness (QED) is 0.0318. The molecule has 0 aliphatic rings. The van der Waals surface area contributed by atoms with Crippen LogP contribution in [0, 0.1) is 6.92 Å². The van der Waals surface area contributed by atoms with Crippen LogP contribution < -0.4 is 16.4 Å². The van der Waals surface area contributed by atoms with Gasteiger partial charge in [0.05, 0.1) is 22.1 Å². The molecule has 0 atom stereocenters. The first-order chi connectivity index (χ1) is 29.3. The Morgan fingerprint density at radius 1 is 0.468 bits per heavy atom. The van der Waals surface area contributed by atoms with Crippen molar-refractivity contribution in [1.29, 1.82) is 0 Å². The van der Waals surface area contributed by atoms with Crippen LogP contribution in [0.25, 0.3) is 88.4 Å². The van der Waals surface area contributed by atoms with Gasteiger partial charge in [0.2, 0.25) is 11.5 Å². The fourth-order valence-electron chi connectivity index (χ4n) is 8.18. The number of phenols is 10. The third-order valence-corrected chi connectivity index (χ3v) is 11.1. The van der Waals surface area contributed by atoms with E-state index in [1.165, 1.54) is 6.92 Å². The second-order valence-electron chi connectivity index (χ2n) is 14.4. The van der Waals surface area contributed by atoms with Crippen molar-refractivity contribution < 1.29 is 75.9 Å². The summed E-state index contributed by atoms with van der Waals surface area (Å²) in [4.78, 5) is 0. The maximum atomic E-state index is 12.1. The van der Waals surface area contributed by atoms with Gasteiger partial charge in [-0.15, -0.1) is 0 Å². The number of aromatic hydroxyl groups is 10. The van der Waals surface area contributed by atoms with Gasteiger partial charge in [0, 0.05) is 33.2 Å². The summed E-state index contributed by atoms with van der Waals surface area (Å²) in [5, 5.41) is 154. The third-order valence-electron chi connectivity index (χ3n) is 11.1. The average Bonchev–Trinajstić information content (AvgIpc) is 3.66. The minimum absolute atomic E-state index is 0.0390. The maximum Gasteiger partial charge on any atom is 0.204 e. The molecule has 0 unspecified atom stereocenters. The maximum absolute atomic E-state index is 12.1. The molecule has 304 valence electrons. The summed E-state index contributed by atoms with van der Waals surface area (Å²) < 4.78 is 6.25. The summed E-state index contributed by atoms with van der Waals surface area (Å²) >= 11 is 0. The van der Waals surface area contributed by atoms with Crippen molar-refractivity contribution in [2.75, 3.05) is 0 Å². The highest BCUT2D eigenvalue weighted by molar-refractivity contribution is 6.45. The normalized spacial score (nSPS) is 12.5. The highest BCUT2D eigenvalue weighted by Gasteiger charge is 2.35. The van der Waals surface area contributed by atoms with Gasteiger partial charge in [-0.2, -0.15) is 0 Å². The molecule has 0 amide bonds. The SMILES string of the molecule is [B]c1c(O)c(O)c(O)c(O)c1-c1c([B])c(O)c(-c2c3ccccc3c(-c3c(O)c([B])c(C)c4oc5c(/C(O)=C(\C)O)c(/C(O)=C/O)c(O)c(O)c5c34)c3ccccc23)c(O)c1O. The number of aryl methyl sites for hydroxylation is 1. The Morgan fingerprint density at radius 3 is 1.40 bits per heavy atom. The zero-order chi connectivity index (χ0) is 45.1. The number of rotatable bonds is 5. The van der Waals surface area contributed by atoms with Gasteiger partial charge in [-0.1, -0.05) is 48.5 Å². The molecule has 0 spiro atoms. The number of benzene rings is 7. The molecule has 7 aromatic carbocycles. The second-order valence-corrected chi connectivity index (χ2v) is 14.4. The monoisotopic (exact) mass is 830 g/mol. The fourth-order valence-corrected chi connectivity index (χ4v) is 8.18. The van der Waals surface area contributed by atoms with Crippen LogP contribution in [0.4, 0.5) is 0 Å². The number of hydrogen-bond acceptors (Lipinski definition) is 15. The van der Waals surface area contributed by atoms with Crippen LogP contribution in [0.5, 0.6) is 57.5 Å². The number of allylic oxidation sites excluding steroid dienone is 1. The fraction of sp³-hybridized carbons (Fsp3) is 0.0455. The molecule has 15 nitrogen and oxygen atoms in total. The van der Waals surface area contributed by atoms with E-state index in [1.807, 2.05) is 0 Å². The molecule has 1 aromatic heterocycles. The Kier molecular flexibility index (Phi) is 9.09. The molecule has 6 radical (unpaired) electrons. The van der Waals surface area contributed by atoms with Crippen LogP contribution in [-0.2, 0) is 0 Å². The highest BCUT2D eigenvalue weighted by Crippen LogP contribution is 2.58. The molecular weight excluding hydrogens is 801 g/mol. The van der Waals surface area contributed by atoms with Crippen molar-refractivity contribution in [1.82, 2.24) is 0 Å². The average molecular weight is 830 g/mol. The lowest BCUT2D eigenvalue weighted by atomic mass is 9.75. The predicted molar refractivity (Wildman–Crippen MR) is 234 cm³/mol. The first-order valence-electron chi connectivity index (χ1n) is 18.1. The summed E-state index contributed by atoms with van der Waals surface area (Å²) in [5.74, 6) is -13.0. The number of hydrogen-bond donors (Lipinski definition) is 14. The Balaban J connectivity index is 1.57. The lowest BCUT2D eigenvalue weighted by molar-refractivity contribution is 0.348. The molecule has 0 bridgehead atoms. The van der Waals surface area contributed by atoms with Crippen molar-refractivity contribution >= 4 is 94.9 Å². The lowest BCUT2D eigenvalue weighted by Gasteiger charge is -2.24. The first kappa shape index (κ1) is 40.5. The van der Waals surface area contributed by atoms with Crippen molar-refractivity contribution in [3.8, 4) is 90.9 Å². The molecule has 62 heavy (non-hydrogen) atoms. The van der Waals surface area contributed by atoms with Crippen molar-refractivity contribution in [3.63, 3.8) is 0 Å². The lowest BCUT2D eigenvalue weighted by Crippen LogP contribution is -2.16. The number of fused-ring (bicyclic) bond motifs is 5. The number of furan rings is 1. The molecular formula is C44H29B3O15. The van der Waals surface area contributed by atoms with Gasteiger partial charge in [0.15, 0.2) is 51.6 Å². The highest BCUT2D eigenvalue weighted by atomic mass is 16.4. The molecule has 0 aliphatic carbocycles. The van der Waals surface area contributed by atoms with E-state index in [0.717, 1.165) is 6.92 Å². The van der Waals surface area contributed by atoms with Crippen molar-refractivity contribution in [2.45, 2.75) is 13.8 Å². The van der Waals surface area contributed by atoms with Gasteiger partial charge in [0.1, 0.15) is 52.6 Å². The minimum atomic E-state index is -1.25. The van der Waals surface area contributed by atoms with E-state index in [-0.39, 0.29) is 71.9 Å². The molecule has 8 aromatic rings. The van der Waals surface area contributed by atoms with Gasteiger partial charge in [-0.3, -0.25) is 0 Å². The topological polar surface area (TPSA) is 296 Å². The van der Waals surface area contributed by atoms with Crippen LogP contribution in [-0.4, -0.2) is 95.0 Å². The van der Waals surface area contributed by atoms with Gasteiger partial charge >= 0.3 is 0 Å². The number of aliphatic hydroxyl groups is 4. The van der Waals surface area contributed by atoms with E-state index in [9.17, 15) is 71.5 Å². The molecule has 1 heterocycles. The zero-order valence-corrected chi connectivity index (χ0v) is 32.1. The van der Waals surface area contributed by atoms with Crippen LogP contribution >= 0.6 is 0 Å². The molecule has 0 fully saturated rings. The number of aliphatic hydroxyl groups excluding tert-OH is 4. The smallest absolute Gasteiger partial charge is 0.204 e. The Morgan fingerprint density at radius 2 is 0.903 bits per heavy atom. The third kappa shape index (κ3) is 5.22. The summed E-state index contributed by atoms with van der Waals surface area (Å²) in [6.07, 6.45) is 0.172. The summed E-state index contributed by atoms with van der Waals surface area (Å²) in [7, 11) is 18.9. The first-order valence-corrected chi connectivity index (χ1v) is 18.1.